The van der Waals surface area contributed by atoms with E-state index in [0.717, 1.165) is 10.0 Å². The Bertz CT molecular complexity index is 609. The van der Waals surface area contributed by atoms with Crippen molar-refractivity contribution in [2.45, 2.75) is 33.6 Å². The highest BCUT2D eigenvalue weighted by Gasteiger charge is 2.38. The molecule has 1 heterocycles. The fourth-order valence-electron chi connectivity index (χ4n) is 2.04. The van der Waals surface area contributed by atoms with E-state index in [2.05, 4.69) is 15.9 Å². The summed E-state index contributed by atoms with van der Waals surface area (Å²) in [5.74, 6) is -1.19. The predicted molar refractivity (Wildman–Crippen MR) is 80.3 cm³/mol. The maximum atomic E-state index is 12.3. The molecule has 1 aliphatic heterocycles. The number of ether oxygens (including phenoxy) is 1. The Hall–Kier alpha value is -1.42. The molecule has 0 spiro atoms. The number of halogens is 1. The van der Waals surface area contributed by atoms with Crippen LogP contribution in [0.1, 0.15) is 37.8 Å². The number of ketones is 1. The van der Waals surface area contributed by atoms with Gasteiger partial charge in [-0.2, -0.15) is 0 Å². The van der Waals surface area contributed by atoms with Gasteiger partial charge in [0.15, 0.2) is 5.78 Å². The number of rotatable bonds is 1. The molecule has 4 heteroatoms. The second-order valence-corrected chi connectivity index (χ2v) is 6.89. The van der Waals surface area contributed by atoms with Crippen LogP contribution in [-0.2, 0) is 14.3 Å². The third-order valence-electron chi connectivity index (χ3n) is 3.21. The second-order valence-electron chi connectivity index (χ2n) is 6.04. The number of aryl methyl sites for hydroxylation is 1. The Labute approximate surface area is 127 Å². The third-order valence-corrected chi connectivity index (χ3v) is 3.90. The second kappa shape index (κ2) is 5.17. The molecular formula is C16H17BrO3. The van der Waals surface area contributed by atoms with Crippen molar-refractivity contribution < 1.29 is 14.3 Å². The molecule has 1 aliphatic rings. The summed E-state index contributed by atoms with van der Waals surface area (Å²) < 4.78 is 6.10. The summed E-state index contributed by atoms with van der Waals surface area (Å²) in [6.07, 6.45) is 1.44. The molecular weight excluding hydrogens is 320 g/mol. The Morgan fingerprint density at radius 1 is 1.20 bits per heavy atom. The Morgan fingerprint density at radius 3 is 2.35 bits per heavy atom. The van der Waals surface area contributed by atoms with Gasteiger partial charge in [-0.05, 0) is 24.1 Å². The molecule has 1 unspecified atom stereocenters. The van der Waals surface area contributed by atoms with Gasteiger partial charge in [0, 0.05) is 16.0 Å². The summed E-state index contributed by atoms with van der Waals surface area (Å²) in [5.41, 5.74) is 1.35. The van der Waals surface area contributed by atoms with Gasteiger partial charge in [-0.3, -0.25) is 9.59 Å². The molecule has 0 bridgehead atoms. The highest BCUT2D eigenvalue weighted by molar-refractivity contribution is 9.10. The summed E-state index contributed by atoms with van der Waals surface area (Å²) in [6, 6.07) is 5.56. The van der Waals surface area contributed by atoms with Crippen molar-refractivity contribution in [1.29, 1.82) is 0 Å². The average Bonchev–Trinajstić information content (AvgIpc) is 2.29. The molecule has 0 radical (unpaired) electrons. The van der Waals surface area contributed by atoms with Gasteiger partial charge in [-0.15, -0.1) is 0 Å². The van der Waals surface area contributed by atoms with Crippen molar-refractivity contribution in [2.75, 3.05) is 0 Å². The lowest BCUT2D eigenvalue weighted by atomic mass is 9.86. The monoisotopic (exact) mass is 336 g/mol. The first-order valence-electron chi connectivity index (χ1n) is 6.44. The molecule has 0 amide bonds. The number of carbonyl (C=O) groups is 2. The van der Waals surface area contributed by atoms with E-state index >= 15 is 0 Å². The van der Waals surface area contributed by atoms with Crippen LogP contribution >= 0.6 is 15.9 Å². The maximum absolute atomic E-state index is 12.3. The van der Waals surface area contributed by atoms with E-state index in [4.69, 9.17) is 4.74 Å². The first-order valence-corrected chi connectivity index (χ1v) is 7.23. The summed E-state index contributed by atoms with van der Waals surface area (Å²) in [5, 5.41) is 0. The molecule has 0 aliphatic carbocycles. The SMILES string of the molecule is Cc1ccc(C2C(=O)C=C(C(C)(C)C)OC2=O)c(Br)c1. The summed E-state index contributed by atoms with van der Waals surface area (Å²) in [4.78, 5) is 24.5. The van der Waals surface area contributed by atoms with Crippen molar-refractivity contribution in [3.63, 3.8) is 0 Å². The molecule has 0 fully saturated rings. The Morgan fingerprint density at radius 2 is 1.85 bits per heavy atom. The summed E-state index contributed by atoms with van der Waals surface area (Å²) in [7, 11) is 0. The van der Waals surface area contributed by atoms with Crippen LogP contribution in [0.3, 0.4) is 0 Å². The summed E-state index contributed by atoms with van der Waals surface area (Å²) in [6.45, 7) is 7.66. The van der Waals surface area contributed by atoms with E-state index in [-0.39, 0.29) is 11.2 Å². The van der Waals surface area contributed by atoms with Crippen LogP contribution in [-0.4, -0.2) is 11.8 Å². The van der Waals surface area contributed by atoms with Gasteiger partial charge >= 0.3 is 5.97 Å². The van der Waals surface area contributed by atoms with E-state index in [1.807, 2.05) is 39.8 Å². The fourth-order valence-corrected chi connectivity index (χ4v) is 2.76. The normalized spacial score (nSPS) is 19.6. The maximum Gasteiger partial charge on any atom is 0.326 e. The van der Waals surface area contributed by atoms with Crippen molar-refractivity contribution in [3.8, 4) is 0 Å². The third kappa shape index (κ3) is 2.85. The van der Waals surface area contributed by atoms with Crippen LogP contribution in [0.25, 0.3) is 0 Å². The van der Waals surface area contributed by atoms with Crippen molar-refractivity contribution in [1.82, 2.24) is 0 Å². The zero-order valence-corrected chi connectivity index (χ0v) is 13.6. The zero-order chi connectivity index (χ0) is 15.1. The Balaban J connectivity index is 2.43. The van der Waals surface area contributed by atoms with Crippen molar-refractivity contribution in [3.05, 3.63) is 45.6 Å². The van der Waals surface area contributed by atoms with Gasteiger partial charge in [0.1, 0.15) is 11.7 Å². The van der Waals surface area contributed by atoms with Gasteiger partial charge in [0.25, 0.3) is 0 Å². The lowest BCUT2D eigenvalue weighted by Crippen LogP contribution is -2.31. The highest BCUT2D eigenvalue weighted by Crippen LogP contribution is 2.36. The van der Waals surface area contributed by atoms with E-state index in [1.165, 1.54) is 6.08 Å². The number of allylic oxidation sites excluding steroid dienone is 2. The molecule has 1 aromatic rings. The smallest absolute Gasteiger partial charge is 0.326 e. The topological polar surface area (TPSA) is 43.4 Å². The number of esters is 1. The van der Waals surface area contributed by atoms with E-state index in [0.29, 0.717) is 11.3 Å². The summed E-state index contributed by atoms with van der Waals surface area (Å²) >= 11 is 3.41. The minimum Gasteiger partial charge on any atom is -0.430 e. The van der Waals surface area contributed by atoms with Crippen LogP contribution < -0.4 is 0 Å². The van der Waals surface area contributed by atoms with Crippen LogP contribution in [0.5, 0.6) is 0 Å². The molecule has 1 aromatic carbocycles. The van der Waals surface area contributed by atoms with Crippen molar-refractivity contribution >= 4 is 27.7 Å². The number of cyclic esters (lactones) is 1. The van der Waals surface area contributed by atoms with Gasteiger partial charge in [-0.25, -0.2) is 0 Å². The standard InChI is InChI=1S/C16H17BrO3/c1-9-5-6-10(11(17)7-9)14-12(18)8-13(16(2,3)4)20-15(14)19/h5-8,14H,1-4H3. The molecule has 2 rings (SSSR count). The number of hydrogen-bond acceptors (Lipinski definition) is 3. The lowest BCUT2D eigenvalue weighted by Gasteiger charge is -2.28. The van der Waals surface area contributed by atoms with Gasteiger partial charge in [-0.1, -0.05) is 48.8 Å². The Kier molecular flexibility index (Phi) is 3.87. The van der Waals surface area contributed by atoms with Gasteiger partial charge < -0.3 is 4.74 Å². The van der Waals surface area contributed by atoms with Gasteiger partial charge in [0.05, 0.1) is 0 Å². The number of carbonyl (C=O) groups excluding carboxylic acids is 2. The average molecular weight is 337 g/mol. The quantitative estimate of drug-likeness (QED) is 0.577. The minimum absolute atomic E-state index is 0.226. The van der Waals surface area contributed by atoms with Crippen LogP contribution in [0.2, 0.25) is 0 Å². The first kappa shape index (κ1) is 15.0. The zero-order valence-electron chi connectivity index (χ0n) is 12.0. The molecule has 0 aromatic heterocycles. The molecule has 3 nitrogen and oxygen atoms in total. The predicted octanol–water partition coefficient (Wildman–Crippen LogP) is 3.90. The van der Waals surface area contributed by atoms with E-state index in [9.17, 15) is 9.59 Å². The largest absolute Gasteiger partial charge is 0.430 e. The lowest BCUT2D eigenvalue weighted by molar-refractivity contribution is -0.147. The fraction of sp³-hybridized carbons (Fsp3) is 0.375. The first-order chi connectivity index (χ1) is 9.20. The minimum atomic E-state index is -0.879. The van der Waals surface area contributed by atoms with E-state index in [1.54, 1.807) is 6.07 Å². The molecule has 0 N–H and O–H groups in total. The number of hydrogen-bond donors (Lipinski definition) is 0. The molecule has 106 valence electrons. The van der Waals surface area contributed by atoms with Crippen LogP contribution in [0.15, 0.2) is 34.5 Å². The molecule has 0 saturated heterocycles. The van der Waals surface area contributed by atoms with Crippen LogP contribution in [0.4, 0.5) is 0 Å². The van der Waals surface area contributed by atoms with Crippen molar-refractivity contribution in [2.24, 2.45) is 5.41 Å². The molecule has 0 saturated carbocycles. The number of benzene rings is 1. The highest BCUT2D eigenvalue weighted by atomic mass is 79.9. The molecule has 20 heavy (non-hydrogen) atoms. The van der Waals surface area contributed by atoms with Crippen LogP contribution in [0, 0.1) is 12.3 Å². The van der Waals surface area contributed by atoms with E-state index < -0.39 is 11.9 Å². The van der Waals surface area contributed by atoms with Gasteiger partial charge in [0.2, 0.25) is 0 Å². The molecule has 1 atom stereocenters.